The highest BCUT2D eigenvalue weighted by atomic mass is 127. The van der Waals surface area contributed by atoms with Gasteiger partial charge in [-0.05, 0) is 47.7 Å². The van der Waals surface area contributed by atoms with Gasteiger partial charge in [0.25, 0.3) is 5.91 Å². The number of carboxylic acid groups (broad SMARTS) is 1. The summed E-state index contributed by atoms with van der Waals surface area (Å²) in [5, 5.41) is 11.3. The zero-order valence-electron chi connectivity index (χ0n) is 10.1. The van der Waals surface area contributed by atoms with E-state index < -0.39 is 12.0 Å². The van der Waals surface area contributed by atoms with Gasteiger partial charge in [0.15, 0.2) is 0 Å². The van der Waals surface area contributed by atoms with Crippen molar-refractivity contribution < 1.29 is 19.4 Å². The highest BCUT2D eigenvalue weighted by Crippen LogP contribution is 2.19. The molecule has 0 aliphatic carbocycles. The van der Waals surface area contributed by atoms with Crippen molar-refractivity contribution in [3.63, 3.8) is 0 Å². The van der Waals surface area contributed by atoms with E-state index in [1.165, 1.54) is 0 Å². The second kappa shape index (κ2) is 6.58. The quantitative estimate of drug-likeness (QED) is 0.784. The molecule has 5 nitrogen and oxygen atoms in total. The molecule has 0 saturated heterocycles. The molecule has 6 heteroatoms. The summed E-state index contributed by atoms with van der Waals surface area (Å²) in [5.74, 6) is -0.544. The minimum atomic E-state index is -0.938. The lowest BCUT2D eigenvalue weighted by Gasteiger charge is -2.13. The van der Waals surface area contributed by atoms with Gasteiger partial charge in [-0.3, -0.25) is 9.59 Å². The van der Waals surface area contributed by atoms with Gasteiger partial charge in [-0.15, -0.1) is 0 Å². The first-order chi connectivity index (χ1) is 8.43. The molecule has 1 unspecified atom stereocenters. The molecule has 1 aromatic carbocycles. The van der Waals surface area contributed by atoms with E-state index in [1.54, 1.807) is 32.2 Å². The molecule has 0 aromatic heterocycles. The zero-order chi connectivity index (χ0) is 13.7. The Hall–Kier alpha value is -1.31. The molecule has 0 aliphatic heterocycles. The number of amides is 1. The van der Waals surface area contributed by atoms with Crippen molar-refractivity contribution in [3.05, 3.63) is 27.3 Å². The van der Waals surface area contributed by atoms with Crippen molar-refractivity contribution >= 4 is 34.5 Å². The predicted octanol–water partition coefficient (Wildman–Crippen LogP) is 1.89. The Morgan fingerprint density at radius 1 is 1.50 bits per heavy atom. The molecule has 0 heterocycles. The summed E-state index contributed by atoms with van der Waals surface area (Å²) in [7, 11) is 1.56. The van der Waals surface area contributed by atoms with Crippen LogP contribution in [0.15, 0.2) is 18.2 Å². The molecule has 0 aliphatic rings. The molecule has 0 saturated carbocycles. The lowest BCUT2D eigenvalue weighted by atomic mass is 10.1. The van der Waals surface area contributed by atoms with Gasteiger partial charge in [-0.25, -0.2) is 0 Å². The van der Waals surface area contributed by atoms with Crippen molar-refractivity contribution in [3.8, 4) is 5.75 Å². The third-order valence-corrected chi connectivity index (χ3v) is 3.17. The average Bonchev–Trinajstić information content (AvgIpc) is 2.27. The van der Waals surface area contributed by atoms with Crippen LogP contribution < -0.4 is 10.1 Å². The fraction of sp³-hybridized carbons (Fsp3) is 0.333. The number of carbonyl (C=O) groups is 2. The van der Waals surface area contributed by atoms with Crippen LogP contribution in [0.25, 0.3) is 0 Å². The molecular weight excluding hydrogens is 349 g/mol. The third kappa shape index (κ3) is 4.17. The molecule has 1 atom stereocenters. The minimum absolute atomic E-state index is 0.0987. The monoisotopic (exact) mass is 363 g/mol. The van der Waals surface area contributed by atoms with E-state index in [2.05, 4.69) is 5.32 Å². The number of hydrogen-bond acceptors (Lipinski definition) is 3. The summed E-state index contributed by atoms with van der Waals surface area (Å²) in [4.78, 5) is 22.4. The predicted molar refractivity (Wildman–Crippen MR) is 74.9 cm³/mol. The lowest BCUT2D eigenvalue weighted by molar-refractivity contribution is -0.137. The van der Waals surface area contributed by atoms with Gasteiger partial charge in [0.2, 0.25) is 0 Å². The number of hydrogen-bond donors (Lipinski definition) is 2. The first kappa shape index (κ1) is 14.7. The first-order valence-corrected chi connectivity index (χ1v) is 6.38. The van der Waals surface area contributed by atoms with Crippen LogP contribution in [-0.2, 0) is 4.79 Å². The molecule has 1 amide bonds. The zero-order valence-corrected chi connectivity index (χ0v) is 12.2. The molecule has 18 heavy (non-hydrogen) atoms. The van der Waals surface area contributed by atoms with Crippen LogP contribution in [0.3, 0.4) is 0 Å². The van der Waals surface area contributed by atoms with Crippen molar-refractivity contribution in [1.29, 1.82) is 0 Å². The van der Waals surface area contributed by atoms with Crippen LogP contribution in [0.1, 0.15) is 23.7 Å². The molecule has 0 bridgehead atoms. The summed E-state index contributed by atoms with van der Waals surface area (Å²) < 4.78 is 5.81. The summed E-state index contributed by atoms with van der Waals surface area (Å²) in [6, 6.07) is 4.69. The number of rotatable bonds is 5. The Morgan fingerprint density at radius 3 is 2.67 bits per heavy atom. The van der Waals surface area contributed by atoms with Gasteiger partial charge in [-0.2, -0.15) is 0 Å². The highest BCUT2D eigenvalue weighted by Gasteiger charge is 2.15. The minimum Gasteiger partial charge on any atom is -0.497 e. The first-order valence-electron chi connectivity index (χ1n) is 5.30. The number of aliphatic carboxylic acids is 1. The third-order valence-electron chi connectivity index (χ3n) is 2.28. The maximum atomic E-state index is 11.9. The van der Waals surface area contributed by atoms with Crippen LogP contribution in [0, 0.1) is 3.57 Å². The van der Waals surface area contributed by atoms with Crippen molar-refractivity contribution in [1.82, 2.24) is 5.32 Å². The number of methoxy groups -OCH3 is 1. The average molecular weight is 363 g/mol. The smallest absolute Gasteiger partial charge is 0.305 e. The second-order valence-corrected chi connectivity index (χ2v) is 4.98. The Bertz CT molecular complexity index is 461. The number of carbonyl (C=O) groups excluding carboxylic acids is 1. The van der Waals surface area contributed by atoms with Crippen molar-refractivity contribution in [2.45, 2.75) is 19.4 Å². The van der Waals surface area contributed by atoms with Gasteiger partial charge in [-0.1, -0.05) is 0 Å². The van der Waals surface area contributed by atoms with E-state index in [1.807, 2.05) is 22.6 Å². The van der Waals surface area contributed by atoms with Crippen LogP contribution >= 0.6 is 22.6 Å². The summed E-state index contributed by atoms with van der Waals surface area (Å²) >= 11 is 2.04. The van der Waals surface area contributed by atoms with E-state index in [4.69, 9.17) is 9.84 Å². The number of carboxylic acids is 1. The number of benzene rings is 1. The van der Waals surface area contributed by atoms with E-state index in [9.17, 15) is 9.59 Å². The summed E-state index contributed by atoms with van der Waals surface area (Å²) in [6.45, 7) is 1.66. The Morgan fingerprint density at radius 2 is 2.17 bits per heavy atom. The molecule has 0 spiro atoms. The fourth-order valence-corrected chi connectivity index (χ4v) is 2.15. The van der Waals surface area contributed by atoms with E-state index in [-0.39, 0.29) is 12.3 Å². The van der Waals surface area contributed by atoms with Crippen molar-refractivity contribution in [2.75, 3.05) is 7.11 Å². The maximum absolute atomic E-state index is 11.9. The Balaban J connectivity index is 2.75. The van der Waals surface area contributed by atoms with Crippen molar-refractivity contribution in [2.24, 2.45) is 0 Å². The summed E-state index contributed by atoms with van der Waals surface area (Å²) in [6.07, 6.45) is -0.0987. The van der Waals surface area contributed by atoms with Gasteiger partial charge >= 0.3 is 5.97 Å². The van der Waals surface area contributed by atoms with E-state index in [0.717, 1.165) is 3.57 Å². The highest BCUT2D eigenvalue weighted by molar-refractivity contribution is 14.1. The largest absolute Gasteiger partial charge is 0.497 e. The van der Waals surface area contributed by atoms with Crippen LogP contribution in [0.4, 0.5) is 0 Å². The van der Waals surface area contributed by atoms with E-state index in [0.29, 0.717) is 11.3 Å². The SMILES string of the molecule is COc1ccc(C(=O)NC(C)CC(=O)O)c(I)c1. The topological polar surface area (TPSA) is 75.6 Å². The van der Waals surface area contributed by atoms with Gasteiger partial charge in [0.05, 0.1) is 19.1 Å². The molecule has 1 aromatic rings. The van der Waals surface area contributed by atoms with Gasteiger partial charge in [0.1, 0.15) is 5.75 Å². The lowest BCUT2D eigenvalue weighted by Crippen LogP contribution is -2.34. The molecule has 98 valence electrons. The number of ether oxygens (including phenoxy) is 1. The molecular formula is C12H14INO4. The van der Waals surface area contributed by atoms with Crippen LogP contribution in [-0.4, -0.2) is 30.1 Å². The molecule has 2 N–H and O–H groups in total. The van der Waals surface area contributed by atoms with Crippen LogP contribution in [0.5, 0.6) is 5.75 Å². The Kier molecular flexibility index (Phi) is 5.39. The maximum Gasteiger partial charge on any atom is 0.305 e. The summed E-state index contributed by atoms with van der Waals surface area (Å²) in [5.41, 5.74) is 0.508. The van der Waals surface area contributed by atoms with Gasteiger partial charge < -0.3 is 15.2 Å². The van der Waals surface area contributed by atoms with E-state index >= 15 is 0 Å². The second-order valence-electron chi connectivity index (χ2n) is 3.82. The van der Waals surface area contributed by atoms with Crippen LogP contribution in [0.2, 0.25) is 0 Å². The fourth-order valence-electron chi connectivity index (χ4n) is 1.42. The molecule has 0 fully saturated rings. The molecule has 1 rings (SSSR count). The molecule has 0 radical (unpaired) electrons. The number of nitrogens with one attached hydrogen (secondary N) is 1. The van der Waals surface area contributed by atoms with Gasteiger partial charge in [0, 0.05) is 9.61 Å². The number of halogens is 1. The Labute approximate surface area is 119 Å². The normalized spacial score (nSPS) is 11.7. The standard InChI is InChI=1S/C12H14INO4/c1-7(5-11(15)16)14-12(17)9-4-3-8(18-2)6-10(9)13/h3-4,6-7H,5H2,1-2H3,(H,14,17)(H,15,16).